The van der Waals surface area contributed by atoms with E-state index in [9.17, 15) is 9.18 Å². The number of halogens is 1. The van der Waals surface area contributed by atoms with Crippen molar-refractivity contribution in [3.8, 4) is 0 Å². The summed E-state index contributed by atoms with van der Waals surface area (Å²) >= 11 is 0. The third-order valence-corrected chi connectivity index (χ3v) is 4.85. The maximum absolute atomic E-state index is 13.3. The molecule has 2 aromatic carbocycles. The van der Waals surface area contributed by atoms with Crippen LogP contribution in [0.5, 0.6) is 0 Å². The zero-order valence-corrected chi connectivity index (χ0v) is 14.9. The SMILES string of the molecule is O=C(NC[C@H](c1ccc(F)cc1)N1CCOCC1)c1cc2ccccc2o1. The zero-order chi connectivity index (χ0) is 18.6. The predicted octanol–water partition coefficient (Wildman–Crippen LogP) is 3.38. The molecule has 140 valence electrons. The van der Waals surface area contributed by atoms with Crippen molar-refractivity contribution in [3.05, 3.63) is 71.7 Å². The van der Waals surface area contributed by atoms with E-state index in [1.807, 2.05) is 24.3 Å². The lowest BCUT2D eigenvalue weighted by Crippen LogP contribution is -2.43. The summed E-state index contributed by atoms with van der Waals surface area (Å²) in [5.74, 6) is -0.242. The Kier molecular flexibility index (Phi) is 5.18. The number of hydrogen-bond acceptors (Lipinski definition) is 4. The monoisotopic (exact) mass is 368 g/mol. The van der Waals surface area contributed by atoms with Gasteiger partial charge in [0, 0.05) is 25.0 Å². The number of fused-ring (bicyclic) bond motifs is 1. The number of para-hydroxylation sites is 1. The number of hydrogen-bond donors (Lipinski definition) is 1. The first-order valence-electron chi connectivity index (χ1n) is 9.05. The average molecular weight is 368 g/mol. The Morgan fingerprint density at radius 1 is 1.11 bits per heavy atom. The summed E-state index contributed by atoms with van der Waals surface area (Å²) in [6.07, 6.45) is 0. The molecule has 1 amide bonds. The molecule has 0 spiro atoms. The van der Waals surface area contributed by atoms with Crippen molar-refractivity contribution in [1.82, 2.24) is 10.2 Å². The van der Waals surface area contributed by atoms with Crippen LogP contribution in [0.15, 0.2) is 59.0 Å². The van der Waals surface area contributed by atoms with E-state index in [2.05, 4.69) is 10.2 Å². The second-order valence-electron chi connectivity index (χ2n) is 6.57. The summed E-state index contributed by atoms with van der Waals surface area (Å²) in [7, 11) is 0. The van der Waals surface area contributed by atoms with E-state index in [0.717, 1.165) is 24.0 Å². The summed E-state index contributed by atoms with van der Waals surface area (Å²) < 4.78 is 24.4. The lowest BCUT2D eigenvalue weighted by molar-refractivity contribution is 0.0161. The van der Waals surface area contributed by atoms with Crippen molar-refractivity contribution in [1.29, 1.82) is 0 Å². The Labute approximate surface area is 156 Å². The Bertz CT molecular complexity index is 884. The fourth-order valence-corrected chi connectivity index (χ4v) is 3.40. The normalized spacial score (nSPS) is 16.3. The highest BCUT2D eigenvalue weighted by molar-refractivity contribution is 5.96. The Morgan fingerprint density at radius 3 is 2.59 bits per heavy atom. The van der Waals surface area contributed by atoms with Crippen molar-refractivity contribution in [2.75, 3.05) is 32.8 Å². The summed E-state index contributed by atoms with van der Waals surface area (Å²) in [4.78, 5) is 14.8. The largest absolute Gasteiger partial charge is 0.451 e. The minimum atomic E-state index is -0.272. The minimum absolute atomic E-state index is 0.0529. The molecule has 1 aromatic heterocycles. The van der Waals surface area contributed by atoms with Crippen molar-refractivity contribution >= 4 is 16.9 Å². The molecule has 1 saturated heterocycles. The smallest absolute Gasteiger partial charge is 0.287 e. The van der Waals surface area contributed by atoms with E-state index in [-0.39, 0.29) is 23.5 Å². The molecule has 0 saturated carbocycles. The topological polar surface area (TPSA) is 54.7 Å². The summed E-state index contributed by atoms with van der Waals surface area (Å²) in [5.41, 5.74) is 1.65. The fraction of sp³-hybridized carbons (Fsp3) is 0.286. The second kappa shape index (κ2) is 7.90. The van der Waals surface area contributed by atoms with Gasteiger partial charge in [-0.05, 0) is 29.8 Å². The number of morpholine rings is 1. The molecular weight excluding hydrogens is 347 g/mol. The molecule has 2 heterocycles. The van der Waals surface area contributed by atoms with Crippen LogP contribution in [0.4, 0.5) is 4.39 Å². The average Bonchev–Trinajstić information content (AvgIpc) is 3.14. The van der Waals surface area contributed by atoms with E-state index >= 15 is 0 Å². The van der Waals surface area contributed by atoms with Crippen LogP contribution in [0.2, 0.25) is 0 Å². The van der Waals surface area contributed by atoms with Gasteiger partial charge in [0.25, 0.3) is 5.91 Å². The number of amides is 1. The number of ether oxygens (including phenoxy) is 1. The molecular formula is C21H21FN2O3. The minimum Gasteiger partial charge on any atom is -0.451 e. The number of carbonyl (C=O) groups excluding carboxylic acids is 1. The van der Waals surface area contributed by atoms with Gasteiger partial charge in [-0.25, -0.2) is 4.39 Å². The number of furan rings is 1. The van der Waals surface area contributed by atoms with Crippen LogP contribution in [0, 0.1) is 5.82 Å². The van der Waals surface area contributed by atoms with Crippen LogP contribution >= 0.6 is 0 Å². The fourth-order valence-electron chi connectivity index (χ4n) is 3.40. The Balaban J connectivity index is 1.50. The highest BCUT2D eigenvalue weighted by Crippen LogP contribution is 2.23. The van der Waals surface area contributed by atoms with Gasteiger partial charge in [-0.2, -0.15) is 0 Å². The summed E-state index contributed by atoms with van der Waals surface area (Å²) in [5, 5.41) is 3.86. The lowest BCUT2D eigenvalue weighted by Gasteiger charge is -2.34. The van der Waals surface area contributed by atoms with Gasteiger partial charge in [-0.1, -0.05) is 30.3 Å². The van der Waals surface area contributed by atoms with Crippen LogP contribution in [-0.2, 0) is 4.74 Å². The van der Waals surface area contributed by atoms with Gasteiger partial charge in [-0.3, -0.25) is 9.69 Å². The number of benzene rings is 2. The first-order chi connectivity index (χ1) is 13.2. The zero-order valence-electron chi connectivity index (χ0n) is 14.9. The first-order valence-corrected chi connectivity index (χ1v) is 9.05. The first kappa shape index (κ1) is 17.7. The molecule has 0 aliphatic carbocycles. The third kappa shape index (κ3) is 4.02. The van der Waals surface area contributed by atoms with Gasteiger partial charge in [0.2, 0.25) is 0 Å². The van der Waals surface area contributed by atoms with E-state index in [1.54, 1.807) is 18.2 Å². The van der Waals surface area contributed by atoms with Gasteiger partial charge in [0.15, 0.2) is 5.76 Å². The molecule has 27 heavy (non-hydrogen) atoms. The maximum Gasteiger partial charge on any atom is 0.287 e. The van der Waals surface area contributed by atoms with Gasteiger partial charge in [-0.15, -0.1) is 0 Å². The predicted molar refractivity (Wildman–Crippen MR) is 100 cm³/mol. The summed E-state index contributed by atoms with van der Waals surface area (Å²) in [6.45, 7) is 3.23. The summed E-state index contributed by atoms with van der Waals surface area (Å²) in [6, 6.07) is 15.6. The van der Waals surface area contributed by atoms with Crippen LogP contribution < -0.4 is 5.32 Å². The van der Waals surface area contributed by atoms with Crippen molar-refractivity contribution < 1.29 is 18.3 Å². The van der Waals surface area contributed by atoms with Gasteiger partial charge >= 0.3 is 0 Å². The highest BCUT2D eigenvalue weighted by atomic mass is 19.1. The number of carbonyl (C=O) groups is 1. The molecule has 6 heteroatoms. The number of rotatable bonds is 5. The molecule has 5 nitrogen and oxygen atoms in total. The Hall–Kier alpha value is -2.70. The van der Waals surface area contributed by atoms with Gasteiger partial charge < -0.3 is 14.5 Å². The quantitative estimate of drug-likeness (QED) is 0.750. The molecule has 1 aliphatic rings. The van der Waals surface area contributed by atoms with E-state index in [4.69, 9.17) is 9.15 Å². The van der Waals surface area contributed by atoms with E-state index in [0.29, 0.717) is 25.3 Å². The molecule has 1 N–H and O–H groups in total. The molecule has 0 bridgehead atoms. The molecule has 1 aliphatic heterocycles. The van der Waals surface area contributed by atoms with Crippen LogP contribution in [0.25, 0.3) is 11.0 Å². The highest BCUT2D eigenvalue weighted by Gasteiger charge is 2.24. The molecule has 1 fully saturated rings. The van der Waals surface area contributed by atoms with E-state index in [1.165, 1.54) is 12.1 Å². The van der Waals surface area contributed by atoms with Crippen molar-refractivity contribution in [3.63, 3.8) is 0 Å². The molecule has 0 radical (unpaired) electrons. The second-order valence-corrected chi connectivity index (χ2v) is 6.57. The van der Waals surface area contributed by atoms with Crippen molar-refractivity contribution in [2.45, 2.75) is 6.04 Å². The maximum atomic E-state index is 13.3. The molecule has 1 atom stereocenters. The van der Waals surface area contributed by atoms with Crippen LogP contribution in [-0.4, -0.2) is 43.7 Å². The molecule has 4 rings (SSSR count). The van der Waals surface area contributed by atoms with Gasteiger partial charge in [0.1, 0.15) is 11.4 Å². The van der Waals surface area contributed by atoms with Crippen molar-refractivity contribution in [2.24, 2.45) is 0 Å². The van der Waals surface area contributed by atoms with Gasteiger partial charge in [0.05, 0.1) is 19.3 Å². The molecule has 0 unspecified atom stereocenters. The van der Waals surface area contributed by atoms with Crippen LogP contribution in [0.3, 0.4) is 0 Å². The number of nitrogens with one attached hydrogen (secondary N) is 1. The van der Waals surface area contributed by atoms with Crippen LogP contribution in [0.1, 0.15) is 22.2 Å². The van der Waals surface area contributed by atoms with E-state index < -0.39 is 0 Å². The molecule has 3 aromatic rings. The third-order valence-electron chi connectivity index (χ3n) is 4.85. The Morgan fingerprint density at radius 2 is 1.85 bits per heavy atom. The lowest BCUT2D eigenvalue weighted by atomic mass is 10.0. The number of nitrogens with zero attached hydrogens (tertiary/aromatic N) is 1. The standard InChI is InChI=1S/C21H21FN2O3/c22-17-7-5-15(6-8-17)18(24-9-11-26-12-10-24)14-23-21(25)20-13-16-3-1-2-4-19(16)27-20/h1-8,13,18H,9-12,14H2,(H,23,25)/t18-/m1/s1.